The average molecular weight is 357 g/mol. The summed E-state index contributed by atoms with van der Waals surface area (Å²) in [5.74, 6) is 1.13. The summed E-state index contributed by atoms with van der Waals surface area (Å²) in [6.45, 7) is 7.38. The zero-order valence-electron chi connectivity index (χ0n) is 14.8. The maximum Gasteiger partial charge on any atom is 0.236 e. The number of piperidine rings is 1. The number of amides is 1. The minimum absolute atomic E-state index is 0. The second kappa shape index (κ2) is 10.5. The third kappa shape index (κ3) is 6.30. The van der Waals surface area contributed by atoms with Crippen molar-refractivity contribution in [2.24, 2.45) is 0 Å². The van der Waals surface area contributed by atoms with Crippen LogP contribution in [0.4, 0.5) is 0 Å². The lowest BCUT2D eigenvalue weighted by atomic mass is 10.1. The topological polar surface area (TPSA) is 50.8 Å². The highest BCUT2D eigenvalue weighted by atomic mass is 35.5. The third-order valence-electron chi connectivity index (χ3n) is 4.19. The standard InChI is InChI=1S/C18H28N2O3.ClH/c1-14-4-5-15(2)17(12-14)23-16-6-9-20(10-7-16)18(21)13-19-8-11-22-3;/h4-5,12,16,19H,6-11,13H2,1-3H3;1H. The second-order valence-corrected chi connectivity index (χ2v) is 6.14. The molecule has 0 saturated carbocycles. The summed E-state index contributed by atoms with van der Waals surface area (Å²) in [6.07, 6.45) is 1.97. The minimum atomic E-state index is 0. The van der Waals surface area contributed by atoms with Crippen molar-refractivity contribution in [2.75, 3.05) is 39.9 Å². The summed E-state index contributed by atoms with van der Waals surface area (Å²) in [5.41, 5.74) is 2.37. The molecule has 0 unspecified atom stereocenters. The molecule has 1 saturated heterocycles. The van der Waals surface area contributed by atoms with Crippen LogP contribution in [-0.4, -0.2) is 56.8 Å². The number of nitrogens with zero attached hydrogens (tertiary/aromatic N) is 1. The fourth-order valence-electron chi connectivity index (χ4n) is 2.72. The number of carbonyl (C=O) groups excluding carboxylic acids is 1. The lowest BCUT2D eigenvalue weighted by Gasteiger charge is -2.32. The molecular formula is C18H29ClN2O3. The Morgan fingerprint density at radius 3 is 2.67 bits per heavy atom. The average Bonchev–Trinajstić information content (AvgIpc) is 2.55. The predicted octanol–water partition coefficient (Wildman–Crippen LogP) is 2.33. The van der Waals surface area contributed by atoms with Gasteiger partial charge < -0.3 is 19.7 Å². The summed E-state index contributed by atoms with van der Waals surface area (Å²) in [5, 5.41) is 3.10. The van der Waals surface area contributed by atoms with Gasteiger partial charge in [0.15, 0.2) is 0 Å². The normalized spacial score (nSPS) is 15.0. The van der Waals surface area contributed by atoms with E-state index in [1.54, 1.807) is 7.11 Å². The molecule has 5 nitrogen and oxygen atoms in total. The first-order valence-electron chi connectivity index (χ1n) is 8.31. The van der Waals surface area contributed by atoms with Crippen LogP contribution >= 0.6 is 12.4 Å². The lowest BCUT2D eigenvalue weighted by molar-refractivity contribution is -0.132. The SMILES string of the molecule is COCCNCC(=O)N1CCC(Oc2cc(C)ccc2C)CC1.Cl. The van der Waals surface area contributed by atoms with Crippen LogP contribution in [0.2, 0.25) is 0 Å². The Bertz CT molecular complexity index is 517. The van der Waals surface area contributed by atoms with E-state index in [1.165, 1.54) is 5.56 Å². The third-order valence-corrected chi connectivity index (χ3v) is 4.19. The number of nitrogens with one attached hydrogen (secondary N) is 1. The molecule has 0 spiro atoms. The molecule has 24 heavy (non-hydrogen) atoms. The molecule has 2 rings (SSSR count). The van der Waals surface area contributed by atoms with Crippen LogP contribution in [0.25, 0.3) is 0 Å². The van der Waals surface area contributed by atoms with E-state index in [0.717, 1.165) is 37.2 Å². The number of halogens is 1. The van der Waals surface area contributed by atoms with Gasteiger partial charge in [-0.3, -0.25) is 4.79 Å². The molecule has 1 aliphatic rings. The van der Waals surface area contributed by atoms with Gasteiger partial charge in [0, 0.05) is 39.6 Å². The van der Waals surface area contributed by atoms with Crippen molar-refractivity contribution < 1.29 is 14.3 Å². The first-order chi connectivity index (χ1) is 11.1. The van der Waals surface area contributed by atoms with Crippen molar-refractivity contribution in [3.05, 3.63) is 29.3 Å². The fourth-order valence-corrected chi connectivity index (χ4v) is 2.72. The van der Waals surface area contributed by atoms with Crippen LogP contribution in [0.15, 0.2) is 18.2 Å². The van der Waals surface area contributed by atoms with Crippen molar-refractivity contribution in [1.29, 1.82) is 0 Å². The van der Waals surface area contributed by atoms with E-state index < -0.39 is 0 Å². The van der Waals surface area contributed by atoms with Crippen LogP contribution in [-0.2, 0) is 9.53 Å². The Balaban J connectivity index is 0.00000288. The van der Waals surface area contributed by atoms with Crippen LogP contribution in [0.5, 0.6) is 5.75 Å². The largest absolute Gasteiger partial charge is 0.490 e. The highest BCUT2D eigenvalue weighted by Gasteiger charge is 2.23. The molecule has 0 aromatic heterocycles. The van der Waals surface area contributed by atoms with E-state index in [4.69, 9.17) is 9.47 Å². The Morgan fingerprint density at radius 1 is 1.29 bits per heavy atom. The number of hydrogen-bond acceptors (Lipinski definition) is 4. The van der Waals surface area contributed by atoms with Crippen LogP contribution in [0.1, 0.15) is 24.0 Å². The summed E-state index contributed by atoms with van der Waals surface area (Å²) >= 11 is 0. The number of rotatable bonds is 7. The molecule has 1 heterocycles. The second-order valence-electron chi connectivity index (χ2n) is 6.14. The van der Waals surface area contributed by atoms with E-state index in [0.29, 0.717) is 19.7 Å². The number of aryl methyl sites for hydroxylation is 2. The lowest BCUT2D eigenvalue weighted by Crippen LogP contribution is -2.45. The molecule has 1 fully saturated rings. The van der Waals surface area contributed by atoms with Crippen LogP contribution in [0, 0.1) is 13.8 Å². The summed E-state index contributed by atoms with van der Waals surface area (Å²) in [6, 6.07) is 6.28. The number of methoxy groups -OCH3 is 1. The van der Waals surface area contributed by atoms with Gasteiger partial charge in [-0.25, -0.2) is 0 Å². The number of benzene rings is 1. The minimum Gasteiger partial charge on any atom is -0.490 e. The molecule has 1 aromatic carbocycles. The molecule has 1 N–H and O–H groups in total. The Morgan fingerprint density at radius 2 is 2.00 bits per heavy atom. The van der Waals surface area contributed by atoms with E-state index in [-0.39, 0.29) is 24.4 Å². The highest BCUT2D eigenvalue weighted by molar-refractivity contribution is 5.85. The maximum absolute atomic E-state index is 12.1. The molecule has 0 bridgehead atoms. The van der Waals surface area contributed by atoms with E-state index in [9.17, 15) is 4.79 Å². The van der Waals surface area contributed by atoms with Crippen molar-refractivity contribution in [3.8, 4) is 5.75 Å². The van der Waals surface area contributed by atoms with Gasteiger partial charge in [-0.2, -0.15) is 0 Å². The Labute approximate surface area is 151 Å². The molecule has 1 amide bonds. The van der Waals surface area contributed by atoms with Gasteiger partial charge in [-0.1, -0.05) is 12.1 Å². The smallest absolute Gasteiger partial charge is 0.236 e. The van der Waals surface area contributed by atoms with E-state index in [2.05, 4.69) is 37.4 Å². The van der Waals surface area contributed by atoms with Gasteiger partial charge in [0.05, 0.1) is 13.2 Å². The molecule has 1 aromatic rings. The van der Waals surface area contributed by atoms with Gasteiger partial charge in [-0.05, 0) is 31.0 Å². The maximum atomic E-state index is 12.1. The molecule has 6 heteroatoms. The molecule has 136 valence electrons. The predicted molar refractivity (Wildman–Crippen MR) is 98.1 cm³/mol. The quantitative estimate of drug-likeness (QED) is 0.762. The molecule has 0 atom stereocenters. The fraction of sp³-hybridized carbons (Fsp3) is 0.611. The van der Waals surface area contributed by atoms with Crippen molar-refractivity contribution >= 4 is 18.3 Å². The van der Waals surface area contributed by atoms with Crippen molar-refractivity contribution in [2.45, 2.75) is 32.8 Å². The zero-order valence-corrected chi connectivity index (χ0v) is 15.7. The van der Waals surface area contributed by atoms with Crippen LogP contribution in [0.3, 0.4) is 0 Å². The summed E-state index contributed by atoms with van der Waals surface area (Å²) in [7, 11) is 1.66. The van der Waals surface area contributed by atoms with Gasteiger partial charge in [0.25, 0.3) is 0 Å². The monoisotopic (exact) mass is 356 g/mol. The zero-order chi connectivity index (χ0) is 16.7. The highest BCUT2D eigenvalue weighted by Crippen LogP contribution is 2.23. The van der Waals surface area contributed by atoms with Gasteiger partial charge in [0.2, 0.25) is 5.91 Å². The number of hydrogen-bond donors (Lipinski definition) is 1. The van der Waals surface area contributed by atoms with E-state index >= 15 is 0 Å². The van der Waals surface area contributed by atoms with E-state index in [1.807, 2.05) is 4.90 Å². The number of likely N-dealkylation sites (tertiary alicyclic amines) is 1. The van der Waals surface area contributed by atoms with Gasteiger partial charge in [0.1, 0.15) is 11.9 Å². The molecule has 0 radical (unpaired) electrons. The van der Waals surface area contributed by atoms with Gasteiger partial charge in [-0.15, -0.1) is 12.4 Å². The molecular weight excluding hydrogens is 328 g/mol. The number of ether oxygens (including phenoxy) is 2. The molecule has 0 aliphatic carbocycles. The van der Waals surface area contributed by atoms with Gasteiger partial charge >= 0.3 is 0 Å². The Kier molecular flexibility index (Phi) is 9.11. The Hall–Kier alpha value is -1.30. The number of carbonyl (C=O) groups is 1. The van der Waals surface area contributed by atoms with Crippen molar-refractivity contribution in [3.63, 3.8) is 0 Å². The summed E-state index contributed by atoms with van der Waals surface area (Å²) in [4.78, 5) is 14.0. The molecule has 1 aliphatic heterocycles. The van der Waals surface area contributed by atoms with Crippen LogP contribution < -0.4 is 10.1 Å². The first-order valence-corrected chi connectivity index (χ1v) is 8.31. The van der Waals surface area contributed by atoms with Crippen molar-refractivity contribution in [1.82, 2.24) is 10.2 Å². The first kappa shape index (κ1) is 20.7. The summed E-state index contributed by atoms with van der Waals surface area (Å²) < 4.78 is 11.1.